The van der Waals surface area contributed by atoms with Crippen LogP contribution >= 0.6 is 0 Å². The summed E-state index contributed by atoms with van der Waals surface area (Å²) in [6.07, 6.45) is 3.51. The molecule has 1 aliphatic heterocycles. The van der Waals surface area contributed by atoms with Gasteiger partial charge in [0.05, 0.1) is 4.90 Å². The molecular weight excluding hydrogens is 372 g/mol. The Morgan fingerprint density at radius 2 is 1.82 bits per heavy atom. The lowest BCUT2D eigenvalue weighted by Gasteiger charge is -2.16. The fourth-order valence-electron chi connectivity index (χ4n) is 3.58. The van der Waals surface area contributed by atoms with Crippen LogP contribution in [-0.2, 0) is 16.4 Å². The summed E-state index contributed by atoms with van der Waals surface area (Å²) in [7, 11) is -3.51. The Morgan fingerprint density at radius 1 is 1.07 bits per heavy atom. The van der Waals surface area contributed by atoms with Gasteiger partial charge in [-0.3, -0.25) is 4.79 Å². The number of amides is 1. The molecule has 0 saturated carbocycles. The summed E-state index contributed by atoms with van der Waals surface area (Å²) in [5, 5.41) is 2.90. The minimum absolute atomic E-state index is 0.192. The highest BCUT2D eigenvalue weighted by Gasteiger charge is 2.27. The number of hydrogen-bond acceptors (Lipinski definition) is 3. The van der Waals surface area contributed by atoms with Gasteiger partial charge < -0.3 is 5.32 Å². The van der Waals surface area contributed by atoms with Crippen molar-refractivity contribution in [1.29, 1.82) is 0 Å². The molecule has 1 heterocycles. The first-order valence-electron chi connectivity index (χ1n) is 9.82. The van der Waals surface area contributed by atoms with Crippen LogP contribution in [0.15, 0.2) is 47.4 Å². The summed E-state index contributed by atoms with van der Waals surface area (Å²) in [4.78, 5) is 12.6. The summed E-state index contributed by atoms with van der Waals surface area (Å²) >= 11 is 0. The van der Waals surface area contributed by atoms with Gasteiger partial charge in [0.15, 0.2) is 0 Å². The third kappa shape index (κ3) is 4.80. The van der Waals surface area contributed by atoms with Gasteiger partial charge in [0, 0.05) is 25.2 Å². The number of aryl methyl sites for hydroxylation is 3. The summed E-state index contributed by atoms with van der Waals surface area (Å²) in [6.45, 7) is 5.84. The molecule has 0 aromatic heterocycles. The molecule has 3 rings (SSSR count). The molecule has 1 aliphatic rings. The maximum Gasteiger partial charge on any atom is 0.251 e. The van der Waals surface area contributed by atoms with Gasteiger partial charge >= 0.3 is 0 Å². The van der Waals surface area contributed by atoms with Crippen LogP contribution in [0.4, 0.5) is 0 Å². The second-order valence-corrected chi connectivity index (χ2v) is 9.37. The minimum atomic E-state index is -3.51. The summed E-state index contributed by atoms with van der Waals surface area (Å²) in [6, 6.07) is 12.7. The second kappa shape index (κ2) is 8.88. The van der Waals surface area contributed by atoms with Crippen LogP contribution in [0.25, 0.3) is 0 Å². The number of sulfonamides is 1. The Bertz CT molecular complexity index is 948. The van der Waals surface area contributed by atoms with Gasteiger partial charge in [-0.05, 0) is 68.9 Å². The Balaban J connectivity index is 1.57. The standard InChI is InChI=1S/C22H28N2O3S/c1-17-10-11-19(18(2)15-17)8-6-12-23-22(25)20-7-5-9-21(16-20)28(26,27)24-13-3-4-14-24/h5,7,9-11,15-16H,3-4,6,8,12-14H2,1-2H3,(H,23,25). The summed E-state index contributed by atoms with van der Waals surface area (Å²) in [5.41, 5.74) is 4.19. The van der Waals surface area contributed by atoms with Crippen LogP contribution in [0.5, 0.6) is 0 Å². The van der Waals surface area contributed by atoms with Gasteiger partial charge in [0.25, 0.3) is 5.91 Å². The second-order valence-electron chi connectivity index (χ2n) is 7.43. The highest BCUT2D eigenvalue weighted by Crippen LogP contribution is 2.21. The van der Waals surface area contributed by atoms with Gasteiger partial charge in [0.2, 0.25) is 10.0 Å². The fourth-order valence-corrected chi connectivity index (χ4v) is 5.15. The van der Waals surface area contributed by atoms with E-state index in [0.29, 0.717) is 25.2 Å². The maximum atomic E-state index is 12.7. The number of nitrogens with zero attached hydrogens (tertiary/aromatic N) is 1. The first-order chi connectivity index (χ1) is 13.4. The first kappa shape index (κ1) is 20.6. The normalized spacial score (nSPS) is 14.9. The smallest absolute Gasteiger partial charge is 0.251 e. The lowest BCUT2D eigenvalue weighted by molar-refractivity contribution is 0.0953. The zero-order valence-electron chi connectivity index (χ0n) is 16.6. The number of hydrogen-bond donors (Lipinski definition) is 1. The molecule has 0 radical (unpaired) electrons. The minimum Gasteiger partial charge on any atom is -0.352 e. The number of benzene rings is 2. The van der Waals surface area contributed by atoms with Crippen LogP contribution in [-0.4, -0.2) is 38.3 Å². The lowest BCUT2D eigenvalue weighted by atomic mass is 10.0. The Hall–Kier alpha value is -2.18. The molecular formula is C22H28N2O3S. The van der Waals surface area contributed by atoms with E-state index in [0.717, 1.165) is 25.7 Å². The Labute approximate surface area is 167 Å². The molecule has 150 valence electrons. The van der Waals surface area contributed by atoms with Crippen LogP contribution in [0.2, 0.25) is 0 Å². The highest BCUT2D eigenvalue weighted by atomic mass is 32.2. The number of nitrogens with one attached hydrogen (secondary N) is 1. The van der Waals surface area contributed by atoms with E-state index in [1.807, 2.05) is 0 Å². The maximum absolute atomic E-state index is 12.7. The van der Waals surface area contributed by atoms with Gasteiger partial charge in [-0.1, -0.05) is 29.8 Å². The molecule has 0 unspecified atom stereocenters. The lowest BCUT2D eigenvalue weighted by Crippen LogP contribution is -2.29. The predicted octanol–water partition coefficient (Wildman–Crippen LogP) is 3.45. The molecule has 0 aliphatic carbocycles. The average molecular weight is 401 g/mol. The van der Waals surface area contributed by atoms with Crippen LogP contribution in [0.1, 0.15) is 46.3 Å². The van der Waals surface area contributed by atoms with E-state index < -0.39 is 10.0 Å². The number of carbonyl (C=O) groups is 1. The van der Waals surface area contributed by atoms with Crippen molar-refractivity contribution in [2.45, 2.75) is 44.4 Å². The van der Waals surface area contributed by atoms with E-state index in [1.54, 1.807) is 18.2 Å². The number of rotatable bonds is 7. The molecule has 0 atom stereocenters. The van der Waals surface area contributed by atoms with Crippen molar-refractivity contribution in [2.24, 2.45) is 0 Å². The molecule has 1 N–H and O–H groups in total. The topological polar surface area (TPSA) is 66.5 Å². The summed E-state index contributed by atoms with van der Waals surface area (Å²) in [5.74, 6) is -0.237. The molecule has 2 aromatic rings. The fraction of sp³-hybridized carbons (Fsp3) is 0.409. The van der Waals surface area contributed by atoms with Gasteiger partial charge in [-0.15, -0.1) is 0 Å². The molecule has 6 heteroatoms. The zero-order chi connectivity index (χ0) is 20.1. The SMILES string of the molecule is Cc1ccc(CCCNC(=O)c2cccc(S(=O)(=O)N3CCCC3)c2)c(C)c1. The quantitative estimate of drug-likeness (QED) is 0.724. The van der Waals surface area contributed by atoms with Crippen molar-refractivity contribution in [2.75, 3.05) is 19.6 Å². The molecule has 0 bridgehead atoms. The molecule has 1 amide bonds. The molecule has 28 heavy (non-hydrogen) atoms. The van der Waals surface area contributed by atoms with Crippen LogP contribution in [0, 0.1) is 13.8 Å². The van der Waals surface area contributed by atoms with E-state index in [4.69, 9.17) is 0 Å². The van der Waals surface area contributed by atoms with E-state index in [2.05, 4.69) is 37.4 Å². The monoisotopic (exact) mass is 400 g/mol. The average Bonchev–Trinajstić information content (AvgIpc) is 3.22. The van der Waals surface area contributed by atoms with Gasteiger partial charge in [0.1, 0.15) is 0 Å². The van der Waals surface area contributed by atoms with E-state index >= 15 is 0 Å². The molecule has 1 fully saturated rings. The van der Waals surface area contributed by atoms with Crippen molar-refractivity contribution in [1.82, 2.24) is 9.62 Å². The third-order valence-corrected chi connectivity index (χ3v) is 7.10. The van der Waals surface area contributed by atoms with Crippen LogP contribution < -0.4 is 5.32 Å². The third-order valence-electron chi connectivity index (χ3n) is 5.21. The largest absolute Gasteiger partial charge is 0.352 e. The molecule has 2 aromatic carbocycles. The number of carbonyl (C=O) groups excluding carboxylic acids is 1. The van der Waals surface area contributed by atoms with Crippen molar-refractivity contribution in [3.8, 4) is 0 Å². The van der Waals surface area contributed by atoms with E-state index in [-0.39, 0.29) is 10.8 Å². The Kier molecular flexibility index (Phi) is 6.52. The summed E-state index contributed by atoms with van der Waals surface area (Å²) < 4.78 is 26.8. The van der Waals surface area contributed by atoms with Crippen molar-refractivity contribution in [3.63, 3.8) is 0 Å². The van der Waals surface area contributed by atoms with Crippen LogP contribution in [0.3, 0.4) is 0 Å². The molecule has 0 spiro atoms. The zero-order valence-corrected chi connectivity index (χ0v) is 17.4. The van der Waals surface area contributed by atoms with E-state index in [1.165, 1.54) is 27.1 Å². The Morgan fingerprint density at radius 3 is 2.54 bits per heavy atom. The van der Waals surface area contributed by atoms with Crippen molar-refractivity contribution < 1.29 is 13.2 Å². The van der Waals surface area contributed by atoms with E-state index in [9.17, 15) is 13.2 Å². The van der Waals surface area contributed by atoms with Crippen molar-refractivity contribution >= 4 is 15.9 Å². The van der Waals surface area contributed by atoms with Gasteiger partial charge in [-0.25, -0.2) is 8.42 Å². The first-order valence-corrected chi connectivity index (χ1v) is 11.3. The van der Waals surface area contributed by atoms with Crippen molar-refractivity contribution in [3.05, 3.63) is 64.7 Å². The van der Waals surface area contributed by atoms with Gasteiger partial charge in [-0.2, -0.15) is 4.31 Å². The molecule has 1 saturated heterocycles. The highest BCUT2D eigenvalue weighted by molar-refractivity contribution is 7.89. The molecule has 5 nitrogen and oxygen atoms in total. The predicted molar refractivity (Wildman–Crippen MR) is 111 cm³/mol.